The number of carbonyl (C=O) groups is 1. The van der Waals surface area contributed by atoms with E-state index in [0.29, 0.717) is 5.76 Å². The minimum atomic E-state index is -0.565. The molecule has 0 unspecified atom stereocenters. The highest BCUT2D eigenvalue weighted by molar-refractivity contribution is 5.92. The third-order valence-electron chi connectivity index (χ3n) is 8.64. The average molecular weight is 596 g/mol. The fraction of sp³-hybridized carbons (Fsp3) is 0.216. The topological polar surface area (TPSA) is 94.2 Å². The van der Waals surface area contributed by atoms with Crippen molar-refractivity contribution >= 4 is 28.6 Å². The van der Waals surface area contributed by atoms with Crippen molar-refractivity contribution in [1.82, 2.24) is 19.9 Å². The SMILES string of the molecule is CC(C)(C)OC(=O)NC1(c2ccc(-c3c(-c4cc5ccccc5o4)nc4n3-c3cccnc3Nc3ccccc3-4)cc2)CCC1. The molecule has 2 N–H and O–H groups in total. The van der Waals surface area contributed by atoms with Crippen LogP contribution in [0.1, 0.15) is 45.6 Å². The van der Waals surface area contributed by atoms with E-state index < -0.39 is 17.2 Å². The minimum Gasteiger partial charge on any atom is -0.454 e. The summed E-state index contributed by atoms with van der Waals surface area (Å²) in [4.78, 5) is 22.8. The minimum absolute atomic E-state index is 0.394. The van der Waals surface area contributed by atoms with E-state index in [1.165, 1.54) is 0 Å². The zero-order valence-electron chi connectivity index (χ0n) is 25.4. The molecule has 0 atom stereocenters. The van der Waals surface area contributed by atoms with Gasteiger partial charge in [0.05, 0.1) is 22.6 Å². The number of aromatic nitrogens is 3. The van der Waals surface area contributed by atoms with Gasteiger partial charge in [-0.1, -0.05) is 54.6 Å². The summed E-state index contributed by atoms with van der Waals surface area (Å²) < 4.78 is 14.2. The van der Waals surface area contributed by atoms with Gasteiger partial charge in [-0.15, -0.1) is 0 Å². The van der Waals surface area contributed by atoms with E-state index in [1.807, 2.05) is 69.3 Å². The molecule has 0 saturated heterocycles. The van der Waals surface area contributed by atoms with Gasteiger partial charge in [0.2, 0.25) is 0 Å². The Labute approximate surface area is 261 Å². The number of imidazole rings is 1. The van der Waals surface area contributed by atoms with Crippen LogP contribution in [0.3, 0.4) is 0 Å². The Hall–Kier alpha value is -5.37. The summed E-state index contributed by atoms with van der Waals surface area (Å²) in [6, 6.07) is 30.7. The number of ether oxygens (including phenoxy) is 1. The van der Waals surface area contributed by atoms with Gasteiger partial charge in [-0.2, -0.15) is 0 Å². The number of nitrogens with one attached hydrogen (secondary N) is 2. The van der Waals surface area contributed by atoms with E-state index in [1.54, 1.807) is 6.20 Å². The van der Waals surface area contributed by atoms with Crippen LogP contribution in [0.5, 0.6) is 0 Å². The number of carbonyl (C=O) groups excluding carboxylic acids is 1. The summed E-state index contributed by atoms with van der Waals surface area (Å²) in [5.74, 6) is 2.22. The Bertz CT molecular complexity index is 2050. The molecule has 3 aromatic heterocycles. The van der Waals surface area contributed by atoms with Gasteiger partial charge < -0.3 is 19.8 Å². The first kappa shape index (κ1) is 27.2. The van der Waals surface area contributed by atoms with Crippen LogP contribution in [0.4, 0.5) is 16.3 Å². The van der Waals surface area contributed by atoms with E-state index in [2.05, 4.69) is 57.7 Å². The van der Waals surface area contributed by atoms with Crippen molar-refractivity contribution in [3.63, 3.8) is 0 Å². The monoisotopic (exact) mass is 595 g/mol. The highest BCUT2D eigenvalue weighted by atomic mass is 16.6. The molecule has 45 heavy (non-hydrogen) atoms. The maximum absolute atomic E-state index is 12.8. The number of amides is 1. The molecule has 8 heteroatoms. The molecule has 2 aliphatic rings. The lowest BCUT2D eigenvalue weighted by molar-refractivity contribution is 0.0377. The number of nitrogens with zero attached hydrogens (tertiary/aromatic N) is 3. The number of rotatable bonds is 4. The van der Waals surface area contributed by atoms with Crippen molar-refractivity contribution in [3.05, 3.63) is 103 Å². The number of alkyl carbamates (subject to hydrolysis) is 1. The summed E-state index contributed by atoms with van der Waals surface area (Å²) in [5, 5.41) is 7.72. The largest absolute Gasteiger partial charge is 0.454 e. The van der Waals surface area contributed by atoms with Crippen molar-refractivity contribution in [2.45, 2.75) is 51.2 Å². The normalized spacial score (nSPS) is 14.7. The van der Waals surface area contributed by atoms with Crippen molar-refractivity contribution in [2.75, 3.05) is 5.32 Å². The molecular formula is C37H33N5O3. The molecule has 224 valence electrons. The first-order chi connectivity index (χ1) is 21.8. The van der Waals surface area contributed by atoms with Crippen LogP contribution in [-0.4, -0.2) is 26.2 Å². The number of hydrogen-bond acceptors (Lipinski definition) is 6. The van der Waals surface area contributed by atoms with Crippen LogP contribution in [0.15, 0.2) is 102 Å². The van der Waals surface area contributed by atoms with Crippen LogP contribution in [0.25, 0.3) is 50.8 Å². The number of hydrogen-bond donors (Lipinski definition) is 2. The standard InChI is InChI=1S/C37H33N5O3/c1-36(2,3)45-35(43)41-37(19-9-20-37)25-17-15-23(16-18-25)32-31(30-22-24-10-4-7-14-29(24)44-30)40-34-26-11-5-6-12-27(26)39-33-28(42(32)34)13-8-21-38-33/h4-8,10-18,21-22H,9,19-20H2,1-3H3,(H,38,39)(H,41,43). The van der Waals surface area contributed by atoms with E-state index in [-0.39, 0.29) is 0 Å². The molecule has 8 nitrogen and oxygen atoms in total. The zero-order chi connectivity index (χ0) is 30.8. The highest BCUT2D eigenvalue weighted by Gasteiger charge is 2.41. The number of furan rings is 1. The summed E-state index contributed by atoms with van der Waals surface area (Å²) in [6.07, 6.45) is 4.16. The molecule has 1 amide bonds. The van der Waals surface area contributed by atoms with E-state index in [9.17, 15) is 4.79 Å². The maximum Gasteiger partial charge on any atom is 0.408 e. The first-order valence-electron chi connectivity index (χ1n) is 15.3. The third-order valence-corrected chi connectivity index (χ3v) is 8.64. The van der Waals surface area contributed by atoms with Gasteiger partial charge >= 0.3 is 6.09 Å². The second-order valence-corrected chi connectivity index (χ2v) is 12.8. The molecule has 0 spiro atoms. The van der Waals surface area contributed by atoms with E-state index >= 15 is 0 Å². The Morgan fingerprint density at radius 3 is 2.51 bits per heavy atom. The van der Waals surface area contributed by atoms with Crippen LogP contribution in [0.2, 0.25) is 0 Å². The first-order valence-corrected chi connectivity index (χ1v) is 15.3. The second-order valence-electron chi connectivity index (χ2n) is 12.8. The van der Waals surface area contributed by atoms with Crippen molar-refractivity contribution < 1.29 is 13.9 Å². The molecular weight excluding hydrogens is 562 g/mol. The Kier molecular flexibility index (Phi) is 6.10. The maximum atomic E-state index is 12.8. The third kappa shape index (κ3) is 4.65. The van der Waals surface area contributed by atoms with Crippen molar-refractivity contribution in [2.24, 2.45) is 0 Å². The number of fused-ring (bicyclic) bond motifs is 6. The average Bonchev–Trinajstić information content (AvgIpc) is 3.58. The number of pyridine rings is 1. The molecule has 4 heterocycles. The van der Waals surface area contributed by atoms with Gasteiger partial charge in [0, 0.05) is 22.7 Å². The summed E-state index contributed by atoms with van der Waals surface area (Å²) in [6.45, 7) is 5.64. The highest BCUT2D eigenvalue weighted by Crippen LogP contribution is 2.46. The summed E-state index contributed by atoms with van der Waals surface area (Å²) in [7, 11) is 0. The fourth-order valence-electron chi connectivity index (χ4n) is 6.42. The fourth-order valence-corrected chi connectivity index (χ4v) is 6.42. The molecule has 0 bridgehead atoms. The van der Waals surface area contributed by atoms with Gasteiger partial charge in [-0.25, -0.2) is 14.8 Å². The smallest absolute Gasteiger partial charge is 0.408 e. The van der Waals surface area contributed by atoms with Crippen LogP contribution in [0, 0.1) is 0 Å². The van der Waals surface area contributed by atoms with Gasteiger partial charge in [0.25, 0.3) is 0 Å². The number of para-hydroxylation sites is 2. The van der Waals surface area contributed by atoms with Crippen molar-refractivity contribution in [3.8, 4) is 39.8 Å². The Morgan fingerprint density at radius 2 is 1.76 bits per heavy atom. The van der Waals surface area contributed by atoms with Crippen LogP contribution in [-0.2, 0) is 10.3 Å². The lowest BCUT2D eigenvalue weighted by Crippen LogP contribution is -2.52. The zero-order valence-corrected chi connectivity index (χ0v) is 25.4. The molecule has 6 aromatic rings. The lowest BCUT2D eigenvalue weighted by Gasteiger charge is -2.43. The quantitative estimate of drug-likeness (QED) is 0.211. The Balaban J connectivity index is 1.31. The molecule has 1 fully saturated rings. The molecule has 3 aromatic carbocycles. The van der Waals surface area contributed by atoms with Crippen LogP contribution >= 0.6 is 0 Å². The second kappa shape index (κ2) is 10.1. The molecule has 8 rings (SSSR count). The molecule has 1 aliphatic carbocycles. The van der Waals surface area contributed by atoms with E-state index in [0.717, 1.165) is 81.3 Å². The predicted octanol–water partition coefficient (Wildman–Crippen LogP) is 8.98. The molecule has 1 aliphatic heterocycles. The molecule has 0 radical (unpaired) electrons. The van der Waals surface area contributed by atoms with Gasteiger partial charge in [-0.3, -0.25) is 4.57 Å². The van der Waals surface area contributed by atoms with Gasteiger partial charge in [0.15, 0.2) is 11.6 Å². The number of anilines is 2. The predicted molar refractivity (Wildman–Crippen MR) is 176 cm³/mol. The lowest BCUT2D eigenvalue weighted by atomic mass is 9.71. The van der Waals surface area contributed by atoms with E-state index in [4.69, 9.17) is 19.1 Å². The van der Waals surface area contributed by atoms with Gasteiger partial charge in [-0.05, 0) is 82.0 Å². The number of benzene rings is 3. The van der Waals surface area contributed by atoms with Crippen LogP contribution < -0.4 is 10.6 Å². The molecule has 1 saturated carbocycles. The summed E-state index contributed by atoms with van der Waals surface area (Å²) >= 11 is 0. The summed E-state index contributed by atoms with van der Waals surface area (Å²) in [5.41, 5.74) is 6.23. The Morgan fingerprint density at radius 1 is 0.978 bits per heavy atom. The van der Waals surface area contributed by atoms with Crippen molar-refractivity contribution in [1.29, 1.82) is 0 Å². The van der Waals surface area contributed by atoms with Gasteiger partial charge in [0.1, 0.15) is 22.7 Å².